The van der Waals surface area contributed by atoms with E-state index in [1.54, 1.807) is 7.11 Å². The molecule has 7 nitrogen and oxygen atoms in total. The van der Waals surface area contributed by atoms with Gasteiger partial charge in [0.1, 0.15) is 29.5 Å². The van der Waals surface area contributed by atoms with Crippen LogP contribution < -0.4 is 10.1 Å². The number of aliphatic hydroxyl groups excluding tert-OH is 2. The van der Waals surface area contributed by atoms with Gasteiger partial charge in [-0.05, 0) is 31.5 Å². The summed E-state index contributed by atoms with van der Waals surface area (Å²) in [6.07, 6.45) is -2.96. The maximum atomic E-state index is 10.5. The van der Waals surface area contributed by atoms with E-state index in [0.29, 0.717) is 13.2 Å². The number of thioether (sulfide) groups is 1. The van der Waals surface area contributed by atoms with Crippen molar-refractivity contribution in [2.75, 3.05) is 13.7 Å². The van der Waals surface area contributed by atoms with Crippen LogP contribution in [0.2, 0.25) is 0 Å². The summed E-state index contributed by atoms with van der Waals surface area (Å²) in [6.45, 7) is 4.83. The zero-order valence-electron chi connectivity index (χ0n) is 15.2. The number of aliphatic hydroxyl groups is 2. The molecule has 0 spiro atoms. The van der Waals surface area contributed by atoms with Gasteiger partial charge in [-0.2, -0.15) is 0 Å². The molecule has 6 atom stereocenters. The molecule has 26 heavy (non-hydrogen) atoms. The highest BCUT2D eigenvalue weighted by atomic mass is 32.2. The van der Waals surface area contributed by atoms with Gasteiger partial charge in [-0.25, -0.2) is 0 Å². The molecule has 0 aliphatic carbocycles. The van der Waals surface area contributed by atoms with Crippen LogP contribution in [0.5, 0.6) is 5.75 Å². The Morgan fingerprint density at radius 3 is 2.65 bits per heavy atom. The molecule has 3 rings (SSSR count). The van der Waals surface area contributed by atoms with Gasteiger partial charge in [-0.15, -0.1) is 0 Å². The molecule has 0 unspecified atom stereocenters. The standard InChI is InChI=1S/C18H26N2O5S/c1-4-19-18-20-13-14(21)15(22)16(25-17(13)26-18)10(2)24-9-11-5-7-12(23-3)8-6-11/h5-8,10,13-17,21-22H,4,9H2,1-3H3,(H,19,20)/t10-,13+,14+,15-,16+,17+/m0/s1. The Balaban J connectivity index is 1.60. The third-order valence-electron chi connectivity index (χ3n) is 4.59. The van der Waals surface area contributed by atoms with Crippen LogP contribution >= 0.6 is 11.8 Å². The lowest BCUT2D eigenvalue weighted by molar-refractivity contribution is -0.195. The van der Waals surface area contributed by atoms with Crippen molar-refractivity contribution in [3.8, 4) is 5.75 Å². The smallest absolute Gasteiger partial charge is 0.159 e. The zero-order chi connectivity index (χ0) is 18.7. The van der Waals surface area contributed by atoms with Gasteiger partial charge < -0.3 is 29.7 Å². The Morgan fingerprint density at radius 2 is 2.00 bits per heavy atom. The van der Waals surface area contributed by atoms with E-state index in [2.05, 4.69) is 10.3 Å². The van der Waals surface area contributed by atoms with Crippen molar-refractivity contribution >= 4 is 16.9 Å². The van der Waals surface area contributed by atoms with E-state index in [-0.39, 0.29) is 17.6 Å². The molecule has 2 heterocycles. The first kappa shape index (κ1) is 19.4. The average molecular weight is 382 g/mol. The number of nitrogens with one attached hydrogen (secondary N) is 1. The second kappa shape index (κ2) is 8.58. The molecule has 3 N–H and O–H groups in total. The van der Waals surface area contributed by atoms with Crippen LogP contribution in [-0.4, -0.2) is 64.9 Å². The first-order valence-corrected chi connectivity index (χ1v) is 9.65. The summed E-state index contributed by atoms with van der Waals surface area (Å²) in [7, 11) is 1.63. The molecule has 0 amide bonds. The number of fused-ring (bicyclic) bond motifs is 1. The highest BCUT2D eigenvalue weighted by Gasteiger charge is 2.50. The molecule has 0 radical (unpaired) electrons. The molecule has 2 saturated heterocycles. The van der Waals surface area contributed by atoms with E-state index in [0.717, 1.165) is 16.5 Å². The second-order valence-electron chi connectivity index (χ2n) is 6.38. The molecule has 1 aromatic rings. The van der Waals surface area contributed by atoms with Crippen LogP contribution in [0.4, 0.5) is 0 Å². The van der Waals surface area contributed by atoms with Crippen LogP contribution in [0.15, 0.2) is 29.3 Å². The predicted octanol–water partition coefficient (Wildman–Crippen LogP) is 1.13. The molecule has 8 heteroatoms. The number of methoxy groups -OCH3 is 1. The van der Waals surface area contributed by atoms with Gasteiger partial charge in [-0.3, -0.25) is 4.99 Å². The van der Waals surface area contributed by atoms with E-state index in [4.69, 9.17) is 14.2 Å². The number of hydrogen-bond acceptors (Lipinski definition) is 7. The summed E-state index contributed by atoms with van der Waals surface area (Å²) in [5.74, 6) is 0.789. The Morgan fingerprint density at radius 1 is 1.27 bits per heavy atom. The molecule has 0 bridgehead atoms. The number of hydrogen-bond donors (Lipinski definition) is 3. The maximum Gasteiger partial charge on any atom is 0.159 e. The first-order valence-electron chi connectivity index (χ1n) is 8.77. The minimum atomic E-state index is -1.03. The van der Waals surface area contributed by atoms with Gasteiger partial charge in [0.05, 0.1) is 25.9 Å². The van der Waals surface area contributed by atoms with Gasteiger partial charge in [0.2, 0.25) is 0 Å². The fourth-order valence-corrected chi connectivity index (χ4v) is 4.28. The lowest BCUT2D eigenvalue weighted by atomic mass is 9.95. The zero-order valence-corrected chi connectivity index (χ0v) is 16.0. The van der Waals surface area contributed by atoms with Crippen molar-refractivity contribution in [2.24, 2.45) is 4.99 Å². The van der Waals surface area contributed by atoms with Crippen LogP contribution in [0.1, 0.15) is 19.4 Å². The summed E-state index contributed by atoms with van der Waals surface area (Å²) in [6, 6.07) is 7.24. The third-order valence-corrected chi connectivity index (χ3v) is 5.70. The molecule has 1 aromatic carbocycles. The number of benzene rings is 1. The average Bonchev–Trinajstić information content (AvgIpc) is 3.06. The monoisotopic (exact) mass is 382 g/mol. The van der Waals surface area contributed by atoms with Gasteiger partial charge in [0.15, 0.2) is 5.17 Å². The summed E-state index contributed by atoms with van der Waals surface area (Å²) in [4.78, 5) is 4.32. The maximum absolute atomic E-state index is 10.5. The van der Waals surface area contributed by atoms with Crippen molar-refractivity contribution < 1.29 is 24.4 Å². The number of rotatable bonds is 6. The highest BCUT2D eigenvalue weighted by molar-refractivity contribution is 8.14. The Kier molecular flexibility index (Phi) is 6.42. The van der Waals surface area contributed by atoms with E-state index < -0.39 is 18.3 Å². The third kappa shape index (κ3) is 4.15. The van der Waals surface area contributed by atoms with E-state index in [1.807, 2.05) is 38.1 Å². The Hall–Kier alpha value is -1.32. The Labute approximate surface area is 157 Å². The van der Waals surface area contributed by atoms with Crippen LogP contribution in [-0.2, 0) is 16.1 Å². The molecular weight excluding hydrogens is 356 g/mol. The summed E-state index contributed by atoms with van der Waals surface area (Å²) in [5.41, 5.74) is 0.700. The minimum Gasteiger partial charge on any atom is -0.497 e. The molecule has 0 saturated carbocycles. The SMILES string of the molecule is CCN=C1N[C@@H]2[C@@H](O)[C@H](O)[C@@H]([C@H](C)OCc3ccc(OC)cc3)O[C@@H]2S1. The van der Waals surface area contributed by atoms with Crippen LogP contribution in [0.25, 0.3) is 0 Å². The summed E-state index contributed by atoms with van der Waals surface area (Å²) >= 11 is 1.44. The number of ether oxygens (including phenoxy) is 3. The lowest BCUT2D eigenvalue weighted by Gasteiger charge is -2.41. The lowest BCUT2D eigenvalue weighted by Crippen LogP contribution is -2.61. The van der Waals surface area contributed by atoms with Crippen molar-refractivity contribution in [2.45, 2.75) is 56.3 Å². The van der Waals surface area contributed by atoms with Crippen LogP contribution in [0, 0.1) is 0 Å². The quantitative estimate of drug-likeness (QED) is 0.679. The predicted molar refractivity (Wildman–Crippen MR) is 100 cm³/mol. The molecule has 2 aliphatic rings. The fourth-order valence-electron chi connectivity index (χ4n) is 3.09. The van der Waals surface area contributed by atoms with Gasteiger partial charge in [0, 0.05) is 6.54 Å². The highest BCUT2D eigenvalue weighted by Crippen LogP contribution is 2.35. The normalized spacial score (nSPS) is 33.6. The molecular formula is C18H26N2O5S. The van der Waals surface area contributed by atoms with Gasteiger partial charge in [0.25, 0.3) is 0 Å². The van der Waals surface area contributed by atoms with E-state index >= 15 is 0 Å². The summed E-state index contributed by atoms with van der Waals surface area (Å²) in [5, 5.41) is 24.8. The largest absolute Gasteiger partial charge is 0.497 e. The first-order chi connectivity index (χ1) is 12.5. The molecule has 144 valence electrons. The van der Waals surface area contributed by atoms with Crippen molar-refractivity contribution in [3.05, 3.63) is 29.8 Å². The molecule has 2 fully saturated rings. The minimum absolute atomic E-state index is 0.296. The number of amidine groups is 1. The second-order valence-corrected chi connectivity index (χ2v) is 7.47. The van der Waals surface area contributed by atoms with Gasteiger partial charge >= 0.3 is 0 Å². The number of aliphatic imine (C=N–C) groups is 1. The molecule has 2 aliphatic heterocycles. The number of nitrogens with zero attached hydrogens (tertiary/aromatic N) is 1. The Bertz CT molecular complexity index is 627. The van der Waals surface area contributed by atoms with E-state index in [9.17, 15) is 10.2 Å². The van der Waals surface area contributed by atoms with Gasteiger partial charge in [-0.1, -0.05) is 23.9 Å². The van der Waals surface area contributed by atoms with Crippen LogP contribution in [0.3, 0.4) is 0 Å². The molecule has 0 aromatic heterocycles. The van der Waals surface area contributed by atoms with Crippen molar-refractivity contribution in [1.29, 1.82) is 0 Å². The van der Waals surface area contributed by atoms with Crippen molar-refractivity contribution in [3.63, 3.8) is 0 Å². The summed E-state index contributed by atoms with van der Waals surface area (Å²) < 4.78 is 17.0. The fraction of sp³-hybridized carbons (Fsp3) is 0.611. The topological polar surface area (TPSA) is 92.5 Å². The van der Waals surface area contributed by atoms with Crippen molar-refractivity contribution in [1.82, 2.24) is 5.32 Å². The van der Waals surface area contributed by atoms with E-state index in [1.165, 1.54) is 11.8 Å².